The highest BCUT2D eigenvalue weighted by Gasteiger charge is 2.09. The van der Waals surface area contributed by atoms with E-state index in [2.05, 4.69) is 4.52 Å². The topological polar surface area (TPSA) is 89.6 Å². The zero-order valence-corrected chi connectivity index (χ0v) is 7.18. The van der Waals surface area contributed by atoms with Gasteiger partial charge in [0.1, 0.15) is 6.04 Å². The predicted octanol–water partition coefficient (Wildman–Crippen LogP) is -0.134. The number of carboxylic acid groups (broad SMARTS) is 1. The molecule has 11 heavy (non-hydrogen) atoms. The second-order valence-corrected chi connectivity index (χ2v) is 2.58. The van der Waals surface area contributed by atoms with Gasteiger partial charge in [0, 0.05) is 0 Å². The first-order chi connectivity index (χ1) is 5.18. The normalized spacial score (nSPS) is 13.9. The Hall–Kier alpha value is -0.380. The summed E-state index contributed by atoms with van der Waals surface area (Å²) in [7, 11) is -1.19. The third-order valence-electron chi connectivity index (χ3n) is 1.16. The maximum absolute atomic E-state index is 10.1. The van der Waals surface area contributed by atoms with Gasteiger partial charge in [0.2, 0.25) is 0 Å². The Morgan fingerprint density at radius 3 is 2.82 bits per heavy atom. The second-order valence-electron chi connectivity index (χ2n) is 2.05. The quantitative estimate of drug-likeness (QED) is 0.440. The zero-order valence-electron chi connectivity index (χ0n) is 6.03. The van der Waals surface area contributed by atoms with Crippen molar-refractivity contribution < 1.29 is 19.0 Å². The fraction of sp³-hybridized carbons (Fsp3) is 0.800. The van der Waals surface area contributed by atoms with E-state index in [1.54, 1.807) is 0 Å². The molecule has 0 aromatic rings. The highest BCUT2D eigenvalue weighted by atomic mass is 31.1. The maximum Gasteiger partial charge on any atom is 0.320 e. The number of hydrogen-bond donors (Lipinski definition) is 2. The van der Waals surface area contributed by atoms with Crippen LogP contribution in [0.5, 0.6) is 0 Å². The minimum Gasteiger partial charge on any atom is -0.480 e. The van der Waals surface area contributed by atoms with Crippen molar-refractivity contribution >= 4 is 14.7 Å². The standard InChI is InChI=1S/C5H12NO4P/c6-4(5(7)8)2-1-3-10-11-9/h4H,1-3,6,11H2,(H,7,8)/t4-/m0/s1. The van der Waals surface area contributed by atoms with Crippen LogP contribution in [0.1, 0.15) is 12.8 Å². The molecular weight excluding hydrogens is 169 g/mol. The first kappa shape index (κ1) is 10.6. The number of hydrogen-bond acceptors (Lipinski definition) is 4. The van der Waals surface area contributed by atoms with E-state index in [4.69, 9.17) is 10.8 Å². The molecule has 0 radical (unpaired) electrons. The number of rotatable bonds is 6. The van der Waals surface area contributed by atoms with Gasteiger partial charge in [0.05, 0.1) is 6.61 Å². The van der Waals surface area contributed by atoms with Gasteiger partial charge in [0.15, 0.2) is 8.69 Å². The van der Waals surface area contributed by atoms with Crippen molar-refractivity contribution in [2.75, 3.05) is 6.61 Å². The SMILES string of the molecule is N[C@@H](CCCO[PH2]=O)C(=O)O. The van der Waals surface area contributed by atoms with Gasteiger partial charge in [0.25, 0.3) is 0 Å². The van der Waals surface area contributed by atoms with Gasteiger partial charge in [-0.15, -0.1) is 0 Å². The molecular formula is C5H12NO4P. The Balaban J connectivity index is 3.24. The Bertz CT molecular complexity index is 140. The van der Waals surface area contributed by atoms with Gasteiger partial charge in [-0.1, -0.05) is 0 Å². The summed E-state index contributed by atoms with van der Waals surface area (Å²) in [5.74, 6) is -1.01. The lowest BCUT2D eigenvalue weighted by atomic mass is 10.2. The van der Waals surface area contributed by atoms with E-state index in [-0.39, 0.29) is 0 Å². The summed E-state index contributed by atoms with van der Waals surface area (Å²) in [5.41, 5.74) is 5.17. The van der Waals surface area contributed by atoms with Crippen LogP contribution in [0.2, 0.25) is 0 Å². The molecule has 2 atom stereocenters. The highest BCUT2D eigenvalue weighted by Crippen LogP contribution is 2.00. The Morgan fingerprint density at radius 2 is 2.36 bits per heavy atom. The molecule has 0 rings (SSSR count). The largest absolute Gasteiger partial charge is 0.480 e. The molecule has 0 spiro atoms. The van der Waals surface area contributed by atoms with Crippen LogP contribution in [0, 0.1) is 0 Å². The van der Waals surface area contributed by atoms with Crippen molar-refractivity contribution in [3.05, 3.63) is 0 Å². The smallest absolute Gasteiger partial charge is 0.320 e. The lowest BCUT2D eigenvalue weighted by Crippen LogP contribution is -2.30. The molecule has 0 aromatic heterocycles. The van der Waals surface area contributed by atoms with Crippen LogP contribution in [0.3, 0.4) is 0 Å². The summed E-state index contributed by atoms with van der Waals surface area (Å²) in [5, 5.41) is 8.32. The number of carboxylic acids is 1. The van der Waals surface area contributed by atoms with E-state index in [0.29, 0.717) is 19.4 Å². The molecule has 0 aliphatic heterocycles. The summed E-state index contributed by atoms with van der Waals surface area (Å²) < 4.78 is 14.4. The van der Waals surface area contributed by atoms with E-state index in [1.807, 2.05) is 0 Å². The minimum atomic E-state index is -1.19. The molecule has 0 amide bonds. The third-order valence-corrected chi connectivity index (χ3v) is 1.53. The van der Waals surface area contributed by atoms with Crippen molar-refractivity contribution in [2.45, 2.75) is 18.9 Å². The molecule has 0 saturated carbocycles. The molecule has 0 aromatic carbocycles. The van der Waals surface area contributed by atoms with Crippen LogP contribution in [0.25, 0.3) is 0 Å². The van der Waals surface area contributed by atoms with E-state index in [1.165, 1.54) is 0 Å². The number of carbonyl (C=O) groups is 1. The lowest BCUT2D eigenvalue weighted by Gasteiger charge is -2.03. The predicted molar refractivity (Wildman–Crippen MR) is 41.2 cm³/mol. The molecule has 0 heterocycles. The summed E-state index contributed by atoms with van der Waals surface area (Å²) in [6, 6.07) is -0.833. The molecule has 0 aliphatic carbocycles. The molecule has 0 fully saturated rings. The zero-order chi connectivity index (χ0) is 8.69. The van der Waals surface area contributed by atoms with Crippen LogP contribution in [-0.2, 0) is 13.9 Å². The molecule has 6 heteroatoms. The highest BCUT2D eigenvalue weighted by molar-refractivity contribution is 7.17. The van der Waals surface area contributed by atoms with Gasteiger partial charge >= 0.3 is 5.97 Å². The molecule has 3 N–H and O–H groups in total. The van der Waals surface area contributed by atoms with Crippen LogP contribution in [0.15, 0.2) is 0 Å². The van der Waals surface area contributed by atoms with Crippen molar-refractivity contribution in [3.8, 4) is 0 Å². The third kappa shape index (κ3) is 6.04. The summed E-state index contributed by atoms with van der Waals surface area (Å²) >= 11 is 0. The maximum atomic E-state index is 10.1. The summed E-state index contributed by atoms with van der Waals surface area (Å²) in [6.45, 7) is 0.319. The molecule has 0 aliphatic rings. The Labute approximate surface area is 65.8 Å². The van der Waals surface area contributed by atoms with Crippen LogP contribution < -0.4 is 5.73 Å². The monoisotopic (exact) mass is 181 g/mol. The molecule has 66 valence electrons. The van der Waals surface area contributed by atoms with E-state index in [9.17, 15) is 9.36 Å². The van der Waals surface area contributed by atoms with Crippen LogP contribution in [-0.4, -0.2) is 23.7 Å². The summed E-state index contributed by atoms with van der Waals surface area (Å²) in [4.78, 5) is 10.1. The van der Waals surface area contributed by atoms with Gasteiger partial charge in [-0.05, 0) is 12.8 Å². The molecule has 1 unspecified atom stereocenters. The minimum absolute atomic E-state index is 0.319. The molecule has 5 nitrogen and oxygen atoms in total. The summed E-state index contributed by atoms with van der Waals surface area (Å²) in [6.07, 6.45) is 0.886. The van der Waals surface area contributed by atoms with Crippen molar-refractivity contribution in [3.63, 3.8) is 0 Å². The lowest BCUT2D eigenvalue weighted by molar-refractivity contribution is -0.138. The van der Waals surface area contributed by atoms with Crippen LogP contribution in [0.4, 0.5) is 0 Å². The first-order valence-electron chi connectivity index (χ1n) is 3.22. The van der Waals surface area contributed by atoms with E-state index < -0.39 is 20.7 Å². The van der Waals surface area contributed by atoms with Gasteiger partial charge in [-0.2, -0.15) is 0 Å². The first-order valence-corrected chi connectivity index (χ1v) is 4.16. The average Bonchev–Trinajstić information content (AvgIpc) is 1.97. The van der Waals surface area contributed by atoms with Crippen molar-refractivity contribution in [1.29, 1.82) is 0 Å². The van der Waals surface area contributed by atoms with Gasteiger partial charge in [-0.3, -0.25) is 9.36 Å². The number of aliphatic carboxylic acids is 1. The van der Waals surface area contributed by atoms with E-state index >= 15 is 0 Å². The van der Waals surface area contributed by atoms with Crippen LogP contribution >= 0.6 is 8.69 Å². The Morgan fingerprint density at radius 1 is 1.73 bits per heavy atom. The molecule has 0 saturated heterocycles. The average molecular weight is 181 g/mol. The molecule has 0 bridgehead atoms. The number of nitrogens with two attached hydrogens (primary N) is 1. The van der Waals surface area contributed by atoms with Gasteiger partial charge < -0.3 is 15.4 Å². The second kappa shape index (κ2) is 6.34. The Kier molecular flexibility index (Phi) is 6.12. The van der Waals surface area contributed by atoms with E-state index in [0.717, 1.165) is 0 Å². The van der Waals surface area contributed by atoms with Crippen molar-refractivity contribution in [2.24, 2.45) is 5.73 Å². The van der Waals surface area contributed by atoms with Gasteiger partial charge in [-0.25, -0.2) is 0 Å². The fourth-order valence-corrected chi connectivity index (χ4v) is 0.821. The van der Waals surface area contributed by atoms with Crippen molar-refractivity contribution in [1.82, 2.24) is 0 Å². The fourth-order valence-electron chi connectivity index (χ4n) is 0.558.